The van der Waals surface area contributed by atoms with Gasteiger partial charge in [-0.15, -0.1) is 0 Å². The number of hydrogen-bond acceptors (Lipinski definition) is 2. The summed E-state index contributed by atoms with van der Waals surface area (Å²) < 4.78 is 0. The molecule has 0 radical (unpaired) electrons. The Labute approximate surface area is 131 Å². The summed E-state index contributed by atoms with van der Waals surface area (Å²) in [5, 5.41) is 18.4. The molecule has 0 bridgehead atoms. The second-order valence-electron chi connectivity index (χ2n) is 6.27. The van der Waals surface area contributed by atoms with E-state index >= 15 is 0 Å². The van der Waals surface area contributed by atoms with E-state index in [1.807, 2.05) is 13.0 Å². The summed E-state index contributed by atoms with van der Waals surface area (Å²) in [5.74, 6) is 0.550. The van der Waals surface area contributed by atoms with Gasteiger partial charge in [0.05, 0.1) is 0 Å². The molecule has 0 aromatic carbocycles. The largest absolute Gasteiger partial charge is 0.508 e. The van der Waals surface area contributed by atoms with Crippen LogP contribution in [0, 0.1) is 5.41 Å². The molecular weight excluding hydrogens is 260 g/mol. The highest BCUT2D eigenvalue weighted by Crippen LogP contribution is 2.35. The minimum atomic E-state index is 0.119. The Hall–Kier alpha value is -1.02. The van der Waals surface area contributed by atoms with Crippen molar-refractivity contribution in [1.29, 1.82) is 0 Å². The van der Waals surface area contributed by atoms with E-state index in [0.29, 0.717) is 12.4 Å². The fourth-order valence-electron chi connectivity index (χ4n) is 2.09. The molecule has 2 nitrogen and oxygen atoms in total. The topological polar surface area (TPSA) is 40.5 Å². The maximum atomic E-state index is 10.1. The van der Waals surface area contributed by atoms with E-state index in [2.05, 4.69) is 39.8 Å². The Kier molecular flexibility index (Phi) is 10.2. The Bertz CT molecular complexity index is 373. The lowest BCUT2D eigenvalue weighted by Gasteiger charge is -2.25. The number of rotatable bonds is 6. The van der Waals surface area contributed by atoms with Crippen LogP contribution < -0.4 is 0 Å². The maximum absolute atomic E-state index is 10.1. The van der Waals surface area contributed by atoms with Crippen molar-refractivity contribution in [2.75, 3.05) is 6.61 Å². The van der Waals surface area contributed by atoms with Crippen molar-refractivity contribution in [2.45, 2.75) is 73.1 Å². The van der Waals surface area contributed by atoms with E-state index in [1.54, 1.807) is 0 Å². The first-order valence-corrected chi connectivity index (χ1v) is 8.22. The third-order valence-electron chi connectivity index (χ3n) is 4.36. The van der Waals surface area contributed by atoms with Gasteiger partial charge in [0.25, 0.3) is 0 Å². The molecule has 1 rings (SSSR count). The molecule has 1 aliphatic rings. The van der Waals surface area contributed by atoms with Crippen molar-refractivity contribution < 1.29 is 10.2 Å². The van der Waals surface area contributed by atoms with Gasteiger partial charge < -0.3 is 10.2 Å². The van der Waals surface area contributed by atoms with E-state index < -0.39 is 0 Å². The zero-order valence-electron chi connectivity index (χ0n) is 14.6. The lowest BCUT2D eigenvalue weighted by molar-refractivity contribution is 0.289. The molecule has 0 atom stereocenters. The standard InChI is InChI=1S/C13H22O.C6H12O/c1-5-13(3,4)10(2)12(14)11-8-6-7-9-11;1-2-3-4-5-6-7/h8,14H,5-7,9H2,1-4H3;2-3,7H,4-6H2,1H3/b;3-2-. The van der Waals surface area contributed by atoms with Crippen molar-refractivity contribution in [3.8, 4) is 0 Å². The molecule has 0 saturated heterocycles. The molecule has 2 heteroatoms. The van der Waals surface area contributed by atoms with Crippen molar-refractivity contribution in [2.24, 2.45) is 5.41 Å². The molecular formula is C19H34O2. The van der Waals surface area contributed by atoms with E-state index in [9.17, 15) is 5.11 Å². The molecule has 0 spiro atoms. The first-order valence-electron chi connectivity index (χ1n) is 8.22. The molecule has 122 valence electrons. The van der Waals surface area contributed by atoms with Crippen LogP contribution in [0.5, 0.6) is 0 Å². The smallest absolute Gasteiger partial charge is 0.117 e. The molecule has 0 heterocycles. The minimum absolute atomic E-state index is 0.119. The lowest BCUT2D eigenvalue weighted by Crippen LogP contribution is -2.13. The summed E-state index contributed by atoms with van der Waals surface area (Å²) in [5.41, 5.74) is 2.41. The summed E-state index contributed by atoms with van der Waals surface area (Å²) in [6.07, 6.45) is 12.5. The van der Waals surface area contributed by atoms with Crippen LogP contribution in [-0.4, -0.2) is 16.8 Å². The van der Waals surface area contributed by atoms with E-state index in [1.165, 1.54) is 6.42 Å². The Morgan fingerprint density at radius 2 is 2.05 bits per heavy atom. The Morgan fingerprint density at radius 3 is 2.48 bits per heavy atom. The van der Waals surface area contributed by atoms with Crippen LogP contribution in [0.15, 0.2) is 35.1 Å². The predicted molar refractivity (Wildman–Crippen MR) is 92.5 cm³/mol. The minimum Gasteiger partial charge on any atom is -0.508 e. The first-order chi connectivity index (χ1) is 9.90. The van der Waals surface area contributed by atoms with Gasteiger partial charge in [0.1, 0.15) is 5.76 Å². The SMILES string of the molecule is C/C=C\CCCO.CCC(C)(C)C(C)=C(O)C1=CCCC1. The Morgan fingerprint density at radius 1 is 1.38 bits per heavy atom. The van der Waals surface area contributed by atoms with Gasteiger partial charge in [-0.1, -0.05) is 39.0 Å². The zero-order chi connectivity index (χ0) is 16.3. The van der Waals surface area contributed by atoms with Gasteiger partial charge in [-0.2, -0.15) is 0 Å². The molecule has 2 N–H and O–H groups in total. The fraction of sp³-hybridized carbons (Fsp3) is 0.684. The Balaban J connectivity index is 0.000000486. The molecule has 0 aromatic rings. The maximum Gasteiger partial charge on any atom is 0.117 e. The molecule has 0 aliphatic heterocycles. The summed E-state index contributed by atoms with van der Waals surface area (Å²) in [6, 6.07) is 0. The highest BCUT2D eigenvalue weighted by Gasteiger charge is 2.23. The number of aliphatic hydroxyl groups excluding tert-OH is 2. The second-order valence-corrected chi connectivity index (χ2v) is 6.27. The number of allylic oxidation sites excluding steroid dienone is 5. The highest BCUT2D eigenvalue weighted by molar-refractivity contribution is 5.33. The van der Waals surface area contributed by atoms with Crippen molar-refractivity contribution >= 4 is 0 Å². The van der Waals surface area contributed by atoms with Gasteiger partial charge in [0.15, 0.2) is 0 Å². The zero-order valence-corrected chi connectivity index (χ0v) is 14.6. The highest BCUT2D eigenvalue weighted by atomic mass is 16.3. The van der Waals surface area contributed by atoms with Gasteiger partial charge in [-0.05, 0) is 68.9 Å². The number of aliphatic hydroxyl groups is 2. The molecule has 1 aliphatic carbocycles. The average Bonchev–Trinajstić information content (AvgIpc) is 3.01. The quantitative estimate of drug-likeness (QED) is 0.375. The molecule has 0 saturated carbocycles. The van der Waals surface area contributed by atoms with Crippen LogP contribution in [0.25, 0.3) is 0 Å². The van der Waals surface area contributed by atoms with Gasteiger partial charge in [0, 0.05) is 6.61 Å². The monoisotopic (exact) mass is 294 g/mol. The summed E-state index contributed by atoms with van der Waals surface area (Å²) in [7, 11) is 0. The van der Waals surface area contributed by atoms with Crippen LogP contribution in [0.3, 0.4) is 0 Å². The first kappa shape index (κ1) is 20.0. The van der Waals surface area contributed by atoms with Gasteiger partial charge in [-0.25, -0.2) is 0 Å². The summed E-state index contributed by atoms with van der Waals surface area (Å²) in [4.78, 5) is 0. The average molecular weight is 294 g/mol. The van der Waals surface area contributed by atoms with Gasteiger partial charge in [0.2, 0.25) is 0 Å². The van der Waals surface area contributed by atoms with Crippen molar-refractivity contribution in [1.82, 2.24) is 0 Å². The molecule has 0 amide bonds. The van der Waals surface area contributed by atoms with Crippen LogP contribution >= 0.6 is 0 Å². The van der Waals surface area contributed by atoms with Crippen LogP contribution in [0.4, 0.5) is 0 Å². The van der Waals surface area contributed by atoms with E-state index in [-0.39, 0.29) is 5.41 Å². The van der Waals surface area contributed by atoms with Crippen molar-refractivity contribution in [3.63, 3.8) is 0 Å². The predicted octanol–water partition coefficient (Wildman–Crippen LogP) is 5.70. The molecule has 21 heavy (non-hydrogen) atoms. The van der Waals surface area contributed by atoms with E-state index in [0.717, 1.165) is 43.3 Å². The van der Waals surface area contributed by atoms with Crippen LogP contribution in [-0.2, 0) is 0 Å². The third-order valence-corrected chi connectivity index (χ3v) is 4.36. The fourth-order valence-corrected chi connectivity index (χ4v) is 2.09. The number of unbranched alkanes of at least 4 members (excludes halogenated alkanes) is 1. The summed E-state index contributed by atoms with van der Waals surface area (Å²) >= 11 is 0. The normalized spacial score (nSPS) is 16.4. The molecule has 0 fully saturated rings. The molecule has 0 unspecified atom stereocenters. The van der Waals surface area contributed by atoms with Crippen LogP contribution in [0.2, 0.25) is 0 Å². The summed E-state index contributed by atoms with van der Waals surface area (Å²) in [6.45, 7) is 10.9. The van der Waals surface area contributed by atoms with Gasteiger partial charge in [-0.3, -0.25) is 0 Å². The van der Waals surface area contributed by atoms with Crippen LogP contribution in [0.1, 0.15) is 73.1 Å². The number of hydrogen-bond donors (Lipinski definition) is 2. The van der Waals surface area contributed by atoms with Crippen molar-refractivity contribution in [3.05, 3.63) is 35.1 Å². The third kappa shape index (κ3) is 7.52. The van der Waals surface area contributed by atoms with E-state index in [4.69, 9.17) is 5.11 Å². The second kappa shape index (κ2) is 10.7. The lowest BCUT2D eigenvalue weighted by atomic mass is 9.81. The van der Waals surface area contributed by atoms with Gasteiger partial charge >= 0.3 is 0 Å². The molecule has 0 aromatic heterocycles.